The Balaban J connectivity index is 1.24. The number of fused-ring (bicyclic) bond motifs is 1. The topological polar surface area (TPSA) is 60.9 Å². The molecular weight excluding hydrogens is 371 g/mol. The molecule has 1 aliphatic heterocycles. The molecule has 2 heterocycles. The molecular formula is C19H17FN2O4S. The molecule has 0 amide bonds. The first-order chi connectivity index (χ1) is 13.1. The zero-order valence-electron chi connectivity index (χ0n) is 14.6. The zero-order chi connectivity index (χ0) is 18.8. The van der Waals surface area contributed by atoms with Crippen molar-refractivity contribution in [1.29, 1.82) is 0 Å². The average Bonchev–Trinajstić information content (AvgIpc) is 3.05. The molecule has 0 aliphatic carbocycles. The number of aromatic nitrogens is 1. The van der Waals surface area contributed by atoms with Crippen molar-refractivity contribution in [1.82, 2.24) is 4.98 Å². The lowest BCUT2D eigenvalue weighted by Crippen LogP contribution is -2.53. The molecule has 0 atom stereocenters. The minimum atomic E-state index is -0.415. The van der Waals surface area contributed by atoms with Crippen LogP contribution in [0.4, 0.5) is 9.52 Å². The van der Waals surface area contributed by atoms with Gasteiger partial charge in [0.15, 0.2) is 11.7 Å². The number of hydrogen-bond donors (Lipinski definition) is 0. The van der Waals surface area contributed by atoms with Crippen LogP contribution in [0.1, 0.15) is 0 Å². The summed E-state index contributed by atoms with van der Waals surface area (Å²) in [6, 6.07) is 11.5. The minimum Gasteiger partial charge on any atom is -0.497 e. The third-order valence-corrected chi connectivity index (χ3v) is 5.25. The second-order valence-electron chi connectivity index (χ2n) is 6.09. The molecule has 1 fully saturated rings. The maximum absolute atomic E-state index is 13.3. The van der Waals surface area contributed by atoms with Gasteiger partial charge in [0.2, 0.25) is 0 Å². The van der Waals surface area contributed by atoms with E-state index < -0.39 is 5.97 Å². The lowest BCUT2D eigenvalue weighted by molar-refractivity contribution is -0.152. The fourth-order valence-corrected chi connectivity index (χ4v) is 3.73. The van der Waals surface area contributed by atoms with Gasteiger partial charge in [0, 0.05) is 0 Å². The highest BCUT2D eigenvalue weighted by Crippen LogP contribution is 2.32. The standard InChI is InChI=1S/C19H17FN2O4S/c1-24-13-3-5-14(6-4-13)25-11-18(23)26-15-9-22(10-15)19-21-16-7-2-12(20)8-17(16)27-19/h2-8,15H,9-11H2,1H3. The fraction of sp³-hybridized carbons (Fsp3) is 0.263. The number of hydrogen-bond acceptors (Lipinski definition) is 7. The van der Waals surface area contributed by atoms with Crippen molar-refractivity contribution >= 4 is 32.7 Å². The summed E-state index contributed by atoms with van der Waals surface area (Å²) < 4.78 is 29.9. The highest BCUT2D eigenvalue weighted by atomic mass is 32.1. The van der Waals surface area contributed by atoms with E-state index in [2.05, 4.69) is 4.98 Å². The van der Waals surface area contributed by atoms with E-state index in [0.717, 1.165) is 21.1 Å². The van der Waals surface area contributed by atoms with E-state index in [1.54, 1.807) is 37.4 Å². The van der Waals surface area contributed by atoms with Gasteiger partial charge < -0.3 is 19.1 Å². The normalized spacial score (nSPS) is 14.1. The number of methoxy groups -OCH3 is 1. The van der Waals surface area contributed by atoms with E-state index in [4.69, 9.17) is 14.2 Å². The molecule has 140 valence electrons. The van der Waals surface area contributed by atoms with E-state index in [1.807, 2.05) is 4.90 Å². The molecule has 27 heavy (non-hydrogen) atoms. The number of benzene rings is 2. The van der Waals surface area contributed by atoms with E-state index in [9.17, 15) is 9.18 Å². The molecule has 0 unspecified atom stereocenters. The lowest BCUT2D eigenvalue weighted by Gasteiger charge is -2.38. The Morgan fingerprint density at radius 2 is 1.96 bits per heavy atom. The van der Waals surface area contributed by atoms with Gasteiger partial charge in [-0.1, -0.05) is 11.3 Å². The van der Waals surface area contributed by atoms with E-state index in [1.165, 1.54) is 23.5 Å². The fourth-order valence-electron chi connectivity index (χ4n) is 2.72. The average molecular weight is 388 g/mol. The van der Waals surface area contributed by atoms with E-state index in [-0.39, 0.29) is 18.5 Å². The molecule has 6 nitrogen and oxygen atoms in total. The molecule has 3 aromatic rings. The molecule has 0 spiro atoms. The van der Waals surface area contributed by atoms with Crippen molar-refractivity contribution in [3.05, 3.63) is 48.3 Å². The van der Waals surface area contributed by atoms with Crippen LogP contribution in [0.3, 0.4) is 0 Å². The number of esters is 1. The van der Waals surface area contributed by atoms with E-state index >= 15 is 0 Å². The largest absolute Gasteiger partial charge is 0.497 e. The van der Waals surface area contributed by atoms with Crippen molar-refractivity contribution in [2.75, 3.05) is 31.7 Å². The van der Waals surface area contributed by atoms with Crippen LogP contribution in [0.15, 0.2) is 42.5 Å². The molecule has 0 bridgehead atoms. The maximum atomic E-state index is 13.3. The van der Waals surface area contributed by atoms with Gasteiger partial charge in [0.1, 0.15) is 23.4 Å². The predicted octanol–water partition coefficient (Wildman–Crippen LogP) is 3.25. The highest BCUT2D eigenvalue weighted by Gasteiger charge is 2.32. The van der Waals surface area contributed by atoms with Crippen LogP contribution in [-0.2, 0) is 9.53 Å². The Bertz CT molecular complexity index is 954. The molecule has 2 aromatic carbocycles. The second-order valence-corrected chi connectivity index (χ2v) is 7.10. The number of halogens is 1. The van der Waals surface area contributed by atoms with Crippen molar-refractivity contribution < 1.29 is 23.4 Å². The van der Waals surface area contributed by atoms with Gasteiger partial charge in [-0.3, -0.25) is 0 Å². The van der Waals surface area contributed by atoms with Crippen LogP contribution >= 0.6 is 11.3 Å². The number of ether oxygens (including phenoxy) is 3. The van der Waals surface area contributed by atoms with Crippen LogP contribution < -0.4 is 14.4 Å². The summed E-state index contributed by atoms with van der Waals surface area (Å²) in [6.45, 7) is 0.983. The molecule has 8 heteroatoms. The van der Waals surface area contributed by atoms with Crippen molar-refractivity contribution in [2.24, 2.45) is 0 Å². The van der Waals surface area contributed by atoms with E-state index in [0.29, 0.717) is 18.8 Å². The first-order valence-electron chi connectivity index (χ1n) is 8.38. The Morgan fingerprint density at radius 1 is 1.22 bits per heavy atom. The Labute approximate surface area is 159 Å². The summed E-state index contributed by atoms with van der Waals surface area (Å²) in [5, 5.41) is 0.803. The second kappa shape index (κ2) is 7.40. The number of rotatable bonds is 6. The first-order valence-corrected chi connectivity index (χ1v) is 9.20. The first kappa shape index (κ1) is 17.5. The molecule has 0 radical (unpaired) electrons. The van der Waals surface area contributed by atoms with Gasteiger partial charge >= 0.3 is 5.97 Å². The van der Waals surface area contributed by atoms with Crippen LogP contribution in [0.2, 0.25) is 0 Å². The van der Waals surface area contributed by atoms with Crippen molar-refractivity contribution in [2.45, 2.75) is 6.10 Å². The third kappa shape index (κ3) is 3.95. The van der Waals surface area contributed by atoms with Gasteiger partial charge in [-0.25, -0.2) is 14.2 Å². The highest BCUT2D eigenvalue weighted by molar-refractivity contribution is 7.22. The van der Waals surface area contributed by atoms with Crippen molar-refractivity contribution in [3.63, 3.8) is 0 Å². The smallest absolute Gasteiger partial charge is 0.344 e. The van der Waals surface area contributed by atoms with Gasteiger partial charge in [-0.05, 0) is 42.5 Å². The predicted molar refractivity (Wildman–Crippen MR) is 100 cm³/mol. The van der Waals surface area contributed by atoms with Gasteiger partial charge in [-0.15, -0.1) is 0 Å². The van der Waals surface area contributed by atoms with Gasteiger partial charge in [0.25, 0.3) is 0 Å². The summed E-state index contributed by atoms with van der Waals surface area (Å²) >= 11 is 1.43. The quantitative estimate of drug-likeness (QED) is 0.604. The molecule has 1 saturated heterocycles. The summed E-state index contributed by atoms with van der Waals surface area (Å²) in [7, 11) is 1.59. The van der Waals surface area contributed by atoms with Crippen LogP contribution in [-0.4, -0.2) is 43.9 Å². The molecule has 4 rings (SSSR count). The Hall–Kier alpha value is -2.87. The maximum Gasteiger partial charge on any atom is 0.344 e. The number of carbonyl (C=O) groups excluding carboxylic acids is 1. The molecule has 1 aromatic heterocycles. The van der Waals surface area contributed by atoms with Gasteiger partial charge in [0.05, 0.1) is 30.4 Å². The molecule has 0 N–H and O–H groups in total. The third-order valence-electron chi connectivity index (χ3n) is 4.17. The molecule has 0 saturated carbocycles. The summed E-state index contributed by atoms with van der Waals surface area (Å²) in [5.74, 6) is 0.605. The molecule has 1 aliphatic rings. The zero-order valence-corrected chi connectivity index (χ0v) is 15.4. The number of carbonyl (C=O) groups is 1. The van der Waals surface area contributed by atoms with Crippen molar-refractivity contribution in [3.8, 4) is 11.5 Å². The van der Waals surface area contributed by atoms with Crippen LogP contribution in [0.5, 0.6) is 11.5 Å². The monoisotopic (exact) mass is 388 g/mol. The number of anilines is 1. The summed E-state index contributed by atoms with van der Waals surface area (Å²) in [4.78, 5) is 18.4. The minimum absolute atomic E-state index is 0.150. The Morgan fingerprint density at radius 3 is 2.70 bits per heavy atom. The van der Waals surface area contributed by atoms with Gasteiger partial charge in [-0.2, -0.15) is 0 Å². The van der Waals surface area contributed by atoms with Crippen LogP contribution in [0, 0.1) is 5.82 Å². The SMILES string of the molecule is COc1ccc(OCC(=O)OC2CN(c3nc4ccc(F)cc4s3)C2)cc1. The number of thiazole rings is 1. The van der Waals surface area contributed by atoms with Crippen LogP contribution in [0.25, 0.3) is 10.2 Å². The summed E-state index contributed by atoms with van der Waals surface area (Å²) in [5.41, 5.74) is 0.768. The summed E-state index contributed by atoms with van der Waals surface area (Å²) in [6.07, 6.45) is -0.194. The number of nitrogens with zero attached hydrogens (tertiary/aromatic N) is 2. The Kier molecular flexibility index (Phi) is 4.81. The lowest BCUT2D eigenvalue weighted by atomic mass is 10.2.